The van der Waals surface area contributed by atoms with Gasteiger partial charge in [-0.15, -0.1) is 0 Å². The van der Waals surface area contributed by atoms with Crippen molar-refractivity contribution in [3.8, 4) is 5.75 Å². The molecule has 3 aromatic carbocycles. The Bertz CT molecular complexity index is 2010. The van der Waals surface area contributed by atoms with Gasteiger partial charge in [0.25, 0.3) is 0 Å². The molecule has 0 radical (unpaired) electrons. The molecule has 1 aromatic heterocycles. The van der Waals surface area contributed by atoms with Crippen LogP contribution in [0.5, 0.6) is 5.75 Å². The third-order valence-electron chi connectivity index (χ3n) is 9.94. The van der Waals surface area contributed by atoms with Crippen molar-refractivity contribution in [1.29, 1.82) is 0 Å². The maximum Gasteiger partial charge on any atom is 0.249 e. The number of piperazine rings is 1. The van der Waals surface area contributed by atoms with Crippen LogP contribution in [-0.4, -0.2) is 99.0 Å². The van der Waals surface area contributed by atoms with Gasteiger partial charge in [-0.05, 0) is 68.3 Å². The van der Waals surface area contributed by atoms with Crippen LogP contribution in [-0.2, 0) is 14.2 Å². The number of ether oxygens (including phenoxy) is 1. The van der Waals surface area contributed by atoms with E-state index in [4.69, 9.17) is 16.3 Å². The largest absolute Gasteiger partial charge is 0.494 e. The molecule has 0 aliphatic carbocycles. The lowest BCUT2D eigenvalue weighted by atomic mass is 9.98. The topological polar surface area (TPSA) is 144 Å². The number of methoxy groups -OCH3 is 1. The van der Waals surface area contributed by atoms with Gasteiger partial charge in [0.15, 0.2) is 5.82 Å². The molecule has 53 heavy (non-hydrogen) atoms. The average molecular weight is 758 g/mol. The molecule has 1 atom stereocenters. The lowest BCUT2D eigenvalue weighted by Gasteiger charge is -2.45. The molecule has 0 spiro atoms. The van der Waals surface area contributed by atoms with Gasteiger partial charge in [0.1, 0.15) is 24.0 Å². The summed E-state index contributed by atoms with van der Waals surface area (Å²) in [6.07, 6.45) is 2.40. The maximum atomic E-state index is 12.9. The van der Waals surface area contributed by atoms with E-state index in [1.165, 1.54) is 11.9 Å². The molecule has 0 saturated carbocycles. The maximum absolute atomic E-state index is 12.9. The zero-order chi connectivity index (χ0) is 37.1. The molecule has 4 heterocycles. The number of hydrogen-bond acceptors (Lipinski definition) is 12. The Balaban J connectivity index is 0.891. The van der Waals surface area contributed by atoms with Gasteiger partial charge in [-0.1, -0.05) is 23.7 Å². The van der Waals surface area contributed by atoms with Gasteiger partial charge in [-0.2, -0.15) is 4.98 Å². The van der Waals surface area contributed by atoms with E-state index in [0.717, 1.165) is 68.2 Å². The molecule has 7 rings (SSSR count). The number of halogens is 1. The predicted molar refractivity (Wildman–Crippen MR) is 213 cm³/mol. The molecule has 4 aromatic rings. The van der Waals surface area contributed by atoms with Crippen molar-refractivity contribution >= 4 is 76.1 Å². The lowest BCUT2D eigenvalue weighted by molar-refractivity contribution is -0.133. The zero-order valence-corrected chi connectivity index (χ0v) is 31.8. The van der Waals surface area contributed by atoms with Gasteiger partial charge < -0.3 is 35.1 Å². The number of nitrogens with zero attached hydrogens (tertiary/aromatic N) is 5. The SMILES string of the molecule is COc1cc(N2CCN(CC3CN(c4ccc(NC5CCC(=O)NC5=O)cc4)C3)CC2)ccc1Nc1ncc(Cl)c(Nc2ccccc2P(C)(C)=O)n1. The highest BCUT2D eigenvalue weighted by molar-refractivity contribution is 7.70. The smallest absolute Gasteiger partial charge is 0.249 e. The summed E-state index contributed by atoms with van der Waals surface area (Å²) in [4.78, 5) is 39.8. The zero-order valence-electron chi connectivity index (χ0n) is 30.1. The molecule has 4 N–H and O–H groups in total. The molecule has 3 aliphatic rings. The van der Waals surface area contributed by atoms with Crippen LogP contribution < -0.4 is 41.1 Å². The molecule has 0 bridgehead atoms. The summed E-state index contributed by atoms with van der Waals surface area (Å²) in [5.41, 5.74) is 4.57. The van der Waals surface area contributed by atoms with Gasteiger partial charge in [-0.25, -0.2) is 4.98 Å². The number of hydrogen-bond donors (Lipinski definition) is 4. The van der Waals surface area contributed by atoms with E-state index < -0.39 is 7.14 Å². The number of amides is 2. The van der Waals surface area contributed by atoms with E-state index in [9.17, 15) is 14.2 Å². The fourth-order valence-corrected chi connectivity index (χ4v) is 8.34. The molecule has 13 nitrogen and oxygen atoms in total. The number of piperidine rings is 1. The van der Waals surface area contributed by atoms with E-state index in [2.05, 4.69) is 64.1 Å². The summed E-state index contributed by atoms with van der Waals surface area (Å²) >= 11 is 6.46. The number of imide groups is 1. The van der Waals surface area contributed by atoms with Crippen LogP contribution in [0.15, 0.2) is 72.9 Å². The minimum atomic E-state index is -2.54. The highest BCUT2D eigenvalue weighted by Crippen LogP contribution is 2.39. The Labute approximate surface area is 314 Å². The molecule has 15 heteroatoms. The number of carbonyl (C=O) groups is 2. The summed E-state index contributed by atoms with van der Waals surface area (Å²) < 4.78 is 18.6. The molecule has 1 unspecified atom stereocenters. The number of aromatic nitrogens is 2. The summed E-state index contributed by atoms with van der Waals surface area (Å²) in [7, 11) is -0.887. The van der Waals surface area contributed by atoms with Gasteiger partial charge in [-0.3, -0.25) is 19.8 Å². The fourth-order valence-electron chi connectivity index (χ4n) is 7.04. The Morgan fingerprint density at radius 3 is 2.38 bits per heavy atom. The van der Waals surface area contributed by atoms with Crippen molar-refractivity contribution in [1.82, 2.24) is 20.2 Å². The lowest BCUT2D eigenvalue weighted by Crippen LogP contribution is -2.55. The number of anilines is 7. The first-order chi connectivity index (χ1) is 25.5. The van der Waals surface area contributed by atoms with Crippen molar-refractivity contribution < 1.29 is 18.9 Å². The van der Waals surface area contributed by atoms with Crippen LogP contribution in [0.3, 0.4) is 0 Å². The third-order valence-corrected chi connectivity index (χ3v) is 11.8. The Hall–Kier alpha value is -4.84. The average Bonchev–Trinajstić information content (AvgIpc) is 3.13. The van der Waals surface area contributed by atoms with Crippen LogP contribution in [0.2, 0.25) is 5.02 Å². The molecule has 3 saturated heterocycles. The highest BCUT2D eigenvalue weighted by atomic mass is 35.5. The number of benzene rings is 3. The second-order valence-electron chi connectivity index (χ2n) is 14.1. The van der Waals surface area contributed by atoms with E-state index in [1.54, 1.807) is 20.4 Å². The Morgan fingerprint density at radius 2 is 1.66 bits per heavy atom. The van der Waals surface area contributed by atoms with Crippen LogP contribution in [0.25, 0.3) is 0 Å². The van der Waals surface area contributed by atoms with Gasteiger partial charge in [0.05, 0.1) is 24.7 Å². The monoisotopic (exact) mass is 757 g/mol. The van der Waals surface area contributed by atoms with Crippen LogP contribution in [0.1, 0.15) is 12.8 Å². The second kappa shape index (κ2) is 15.6. The van der Waals surface area contributed by atoms with Crippen LogP contribution in [0, 0.1) is 5.92 Å². The first-order valence-electron chi connectivity index (χ1n) is 17.8. The molecule has 2 amide bonds. The molecular weight excluding hydrogens is 713 g/mol. The summed E-state index contributed by atoms with van der Waals surface area (Å²) in [5.74, 6) is 1.58. The predicted octanol–water partition coefficient (Wildman–Crippen LogP) is 5.35. The van der Waals surface area contributed by atoms with Crippen molar-refractivity contribution in [2.75, 3.05) is 92.0 Å². The molecular formula is C38H45ClN9O4P. The number of para-hydroxylation sites is 1. The van der Waals surface area contributed by atoms with Gasteiger partial charge >= 0.3 is 0 Å². The normalized spacial score (nSPS) is 18.3. The third kappa shape index (κ3) is 8.70. The van der Waals surface area contributed by atoms with E-state index in [0.29, 0.717) is 47.0 Å². The minimum Gasteiger partial charge on any atom is -0.494 e. The van der Waals surface area contributed by atoms with Gasteiger partial charge in [0.2, 0.25) is 17.8 Å². The van der Waals surface area contributed by atoms with Crippen LogP contribution >= 0.6 is 18.7 Å². The fraction of sp³-hybridized carbons (Fsp3) is 0.368. The summed E-state index contributed by atoms with van der Waals surface area (Å²) in [6, 6.07) is 21.4. The second-order valence-corrected chi connectivity index (χ2v) is 17.7. The highest BCUT2D eigenvalue weighted by Gasteiger charge is 2.31. The summed E-state index contributed by atoms with van der Waals surface area (Å²) in [6.45, 7) is 10.4. The standard InChI is InChI=1S/C38H45ClN9O4P/c1-52-33-20-28(12-13-30(33)43-38-40-21-29(39)36(45-38)42-31-6-4-5-7-34(31)53(2,3)51)47-18-16-46(17-19-47)22-25-23-48(24-25)27-10-8-26(9-11-27)41-32-14-15-35(49)44-37(32)50/h4-13,20-21,25,32,41H,14-19,22-24H2,1-3H3,(H,44,49,50)(H2,40,42,43,45). The van der Waals surface area contributed by atoms with E-state index >= 15 is 0 Å². The Morgan fingerprint density at radius 1 is 0.925 bits per heavy atom. The van der Waals surface area contributed by atoms with Crippen molar-refractivity contribution in [2.45, 2.75) is 18.9 Å². The van der Waals surface area contributed by atoms with Crippen molar-refractivity contribution in [3.05, 3.63) is 77.9 Å². The molecule has 278 valence electrons. The van der Waals surface area contributed by atoms with Crippen LogP contribution in [0.4, 0.5) is 40.2 Å². The first kappa shape index (κ1) is 36.5. The molecule has 3 fully saturated rings. The van der Waals surface area contributed by atoms with Crippen molar-refractivity contribution in [3.63, 3.8) is 0 Å². The molecule has 3 aliphatic heterocycles. The first-order valence-corrected chi connectivity index (χ1v) is 20.8. The summed E-state index contributed by atoms with van der Waals surface area (Å²) in [5, 5.41) is 13.2. The van der Waals surface area contributed by atoms with E-state index in [1.807, 2.05) is 48.5 Å². The van der Waals surface area contributed by atoms with Crippen molar-refractivity contribution in [2.24, 2.45) is 5.92 Å². The minimum absolute atomic E-state index is 0.208. The van der Waals surface area contributed by atoms with E-state index in [-0.39, 0.29) is 17.9 Å². The number of nitrogens with one attached hydrogen (secondary N) is 4. The number of carbonyl (C=O) groups excluding carboxylic acids is 2. The Kier molecular flexibility index (Phi) is 10.8. The van der Waals surface area contributed by atoms with Gasteiger partial charge in [0, 0.05) is 86.6 Å². The number of rotatable bonds is 12. The quantitative estimate of drug-likeness (QED) is 0.109.